The quantitative estimate of drug-likeness (QED) is 0.595. The molecule has 0 aliphatic carbocycles. The highest BCUT2D eigenvalue weighted by atomic mass is 32.2. The number of carbonyl (C=O) groups excluding carboxylic acids is 1. The van der Waals surface area contributed by atoms with Gasteiger partial charge in [0, 0.05) is 15.5 Å². The second-order valence-electron chi connectivity index (χ2n) is 5.27. The molecule has 3 rings (SSSR count). The lowest BCUT2D eigenvalue weighted by Crippen LogP contribution is -2.08. The van der Waals surface area contributed by atoms with Gasteiger partial charge in [-0.1, -0.05) is 29.8 Å². The van der Waals surface area contributed by atoms with E-state index in [-0.39, 0.29) is 5.97 Å². The van der Waals surface area contributed by atoms with Gasteiger partial charge in [-0.25, -0.2) is 4.79 Å². The molecule has 0 radical (unpaired) electrons. The lowest BCUT2D eigenvalue weighted by Gasteiger charge is -2.15. The first-order chi connectivity index (χ1) is 10.7. The summed E-state index contributed by atoms with van der Waals surface area (Å²) in [5, 5.41) is 0. The Morgan fingerprint density at radius 2 is 2.00 bits per heavy atom. The summed E-state index contributed by atoms with van der Waals surface area (Å²) in [6.07, 6.45) is 2.94. The third-order valence-electron chi connectivity index (χ3n) is 3.91. The predicted molar refractivity (Wildman–Crippen MR) is 94.2 cm³/mol. The zero-order valence-corrected chi connectivity index (χ0v) is 14.6. The first kappa shape index (κ1) is 15.5. The van der Waals surface area contributed by atoms with E-state index in [0.717, 1.165) is 28.2 Å². The zero-order valence-electron chi connectivity index (χ0n) is 12.9. The normalized spacial score (nSPS) is 13.0. The highest BCUT2D eigenvalue weighted by molar-refractivity contribution is 8.00. The van der Waals surface area contributed by atoms with Gasteiger partial charge in [-0.2, -0.15) is 0 Å². The van der Waals surface area contributed by atoms with Crippen LogP contribution in [0.15, 0.2) is 40.1 Å². The minimum absolute atomic E-state index is 0.224. The molecule has 2 nitrogen and oxygen atoms in total. The minimum Gasteiger partial charge on any atom is -0.465 e. The Hall–Kier alpha value is -1.39. The fraction of sp³-hybridized carbons (Fsp3) is 0.278. The maximum absolute atomic E-state index is 12.2. The molecule has 0 fully saturated rings. The standard InChI is InChI=1S/C18H18O2S2/c1-11-4-6-12(7-5-11)14-10-15(21-3)16(18(19)20-2)13-8-9-22-17(13)14/h4-7,10H,8-9H2,1-3H3. The monoisotopic (exact) mass is 330 g/mol. The van der Waals surface area contributed by atoms with E-state index in [1.54, 1.807) is 11.8 Å². The molecule has 0 saturated heterocycles. The van der Waals surface area contributed by atoms with E-state index in [9.17, 15) is 4.79 Å². The molecule has 4 heteroatoms. The Morgan fingerprint density at radius 3 is 2.64 bits per heavy atom. The molecule has 0 N–H and O–H groups in total. The summed E-state index contributed by atoms with van der Waals surface area (Å²) in [5.41, 5.74) is 5.60. The predicted octanol–water partition coefficient (Wildman–Crippen LogP) is 4.82. The van der Waals surface area contributed by atoms with Gasteiger partial charge in [0.1, 0.15) is 0 Å². The number of hydrogen-bond acceptors (Lipinski definition) is 4. The summed E-state index contributed by atoms with van der Waals surface area (Å²) in [6, 6.07) is 10.7. The number of ether oxygens (including phenoxy) is 1. The van der Waals surface area contributed by atoms with Gasteiger partial charge in [-0.3, -0.25) is 0 Å². The molecule has 0 saturated carbocycles. The van der Waals surface area contributed by atoms with Crippen LogP contribution in [0.25, 0.3) is 11.1 Å². The van der Waals surface area contributed by atoms with Gasteiger partial charge in [0.05, 0.1) is 12.7 Å². The molecular formula is C18H18O2S2. The highest BCUT2D eigenvalue weighted by Crippen LogP contribution is 2.44. The molecule has 0 bridgehead atoms. The van der Waals surface area contributed by atoms with Gasteiger partial charge in [-0.15, -0.1) is 23.5 Å². The maximum Gasteiger partial charge on any atom is 0.339 e. The van der Waals surface area contributed by atoms with Gasteiger partial charge in [-0.05, 0) is 42.4 Å². The van der Waals surface area contributed by atoms with Crippen LogP contribution < -0.4 is 0 Å². The van der Waals surface area contributed by atoms with Crippen LogP contribution in [-0.4, -0.2) is 25.1 Å². The largest absolute Gasteiger partial charge is 0.465 e. The van der Waals surface area contributed by atoms with Crippen molar-refractivity contribution in [3.63, 3.8) is 0 Å². The fourth-order valence-electron chi connectivity index (χ4n) is 2.79. The van der Waals surface area contributed by atoms with Gasteiger partial charge < -0.3 is 4.74 Å². The maximum atomic E-state index is 12.2. The van der Waals surface area contributed by atoms with Crippen LogP contribution in [0.2, 0.25) is 0 Å². The zero-order chi connectivity index (χ0) is 15.7. The average molecular weight is 330 g/mol. The van der Waals surface area contributed by atoms with Gasteiger partial charge in [0.15, 0.2) is 0 Å². The molecule has 0 amide bonds. The molecule has 0 aromatic heterocycles. The van der Waals surface area contributed by atoms with E-state index < -0.39 is 0 Å². The molecule has 1 heterocycles. The van der Waals surface area contributed by atoms with Gasteiger partial charge in [0.2, 0.25) is 0 Å². The van der Waals surface area contributed by atoms with E-state index in [1.165, 1.54) is 28.7 Å². The van der Waals surface area contributed by atoms with Crippen molar-refractivity contribution in [2.45, 2.75) is 23.1 Å². The topological polar surface area (TPSA) is 26.3 Å². The molecule has 22 heavy (non-hydrogen) atoms. The Kier molecular flexibility index (Phi) is 4.50. The molecule has 114 valence electrons. The Balaban J connectivity index is 2.23. The van der Waals surface area contributed by atoms with Crippen molar-refractivity contribution < 1.29 is 9.53 Å². The first-order valence-corrected chi connectivity index (χ1v) is 9.38. The van der Waals surface area contributed by atoms with Gasteiger partial charge in [0.25, 0.3) is 0 Å². The lowest BCUT2D eigenvalue weighted by molar-refractivity contribution is 0.0595. The van der Waals surface area contributed by atoms with Crippen LogP contribution in [0.5, 0.6) is 0 Å². The number of hydrogen-bond donors (Lipinski definition) is 0. The average Bonchev–Trinajstić information content (AvgIpc) is 3.02. The van der Waals surface area contributed by atoms with Crippen molar-refractivity contribution in [2.75, 3.05) is 19.1 Å². The van der Waals surface area contributed by atoms with Crippen molar-refractivity contribution in [3.05, 3.63) is 47.0 Å². The molecule has 0 spiro atoms. The van der Waals surface area contributed by atoms with Crippen LogP contribution in [0, 0.1) is 6.92 Å². The second kappa shape index (κ2) is 6.39. The fourth-order valence-corrected chi connectivity index (χ4v) is 4.65. The van der Waals surface area contributed by atoms with E-state index in [0.29, 0.717) is 0 Å². The molecule has 1 aliphatic rings. The van der Waals surface area contributed by atoms with Crippen LogP contribution in [-0.2, 0) is 11.2 Å². The SMILES string of the molecule is COC(=O)c1c(SC)cc(-c2ccc(C)cc2)c2c1CCS2. The lowest BCUT2D eigenvalue weighted by atomic mass is 9.97. The number of methoxy groups -OCH3 is 1. The highest BCUT2D eigenvalue weighted by Gasteiger charge is 2.27. The van der Waals surface area contributed by atoms with Crippen LogP contribution in [0.3, 0.4) is 0 Å². The van der Waals surface area contributed by atoms with Crippen LogP contribution in [0.1, 0.15) is 21.5 Å². The summed E-state index contributed by atoms with van der Waals surface area (Å²) in [4.78, 5) is 14.4. The van der Waals surface area contributed by atoms with Crippen molar-refractivity contribution in [2.24, 2.45) is 0 Å². The summed E-state index contributed by atoms with van der Waals surface area (Å²) in [5.74, 6) is 0.800. The molecule has 0 unspecified atom stereocenters. The van der Waals surface area contributed by atoms with Crippen molar-refractivity contribution in [3.8, 4) is 11.1 Å². The first-order valence-electron chi connectivity index (χ1n) is 7.17. The van der Waals surface area contributed by atoms with E-state index in [2.05, 4.69) is 37.3 Å². The second-order valence-corrected chi connectivity index (χ2v) is 7.22. The summed E-state index contributed by atoms with van der Waals surface area (Å²) >= 11 is 3.44. The number of benzene rings is 2. The van der Waals surface area contributed by atoms with E-state index >= 15 is 0 Å². The number of thioether (sulfide) groups is 2. The summed E-state index contributed by atoms with van der Waals surface area (Å²) < 4.78 is 5.00. The number of rotatable bonds is 3. The minimum atomic E-state index is -0.224. The summed E-state index contributed by atoms with van der Waals surface area (Å²) in [6.45, 7) is 2.09. The third-order valence-corrected chi connectivity index (χ3v) is 5.84. The molecular weight excluding hydrogens is 312 g/mol. The third kappa shape index (κ3) is 2.66. The smallest absolute Gasteiger partial charge is 0.339 e. The van der Waals surface area contributed by atoms with E-state index in [4.69, 9.17) is 4.74 Å². The summed E-state index contributed by atoms with van der Waals surface area (Å²) in [7, 11) is 1.45. The van der Waals surface area contributed by atoms with Crippen molar-refractivity contribution in [1.82, 2.24) is 0 Å². The Labute approximate surface area is 139 Å². The van der Waals surface area contributed by atoms with Crippen molar-refractivity contribution >= 4 is 29.5 Å². The number of carbonyl (C=O) groups is 1. The Morgan fingerprint density at radius 1 is 1.27 bits per heavy atom. The molecule has 2 aromatic carbocycles. The van der Waals surface area contributed by atoms with Crippen LogP contribution in [0.4, 0.5) is 0 Å². The van der Waals surface area contributed by atoms with E-state index in [1.807, 2.05) is 18.0 Å². The molecule has 2 aromatic rings. The molecule has 1 aliphatic heterocycles. The molecule has 0 atom stereocenters. The Bertz CT molecular complexity index is 721. The van der Waals surface area contributed by atoms with Gasteiger partial charge >= 0.3 is 5.97 Å². The number of aryl methyl sites for hydroxylation is 1. The van der Waals surface area contributed by atoms with Crippen molar-refractivity contribution in [1.29, 1.82) is 0 Å². The number of fused-ring (bicyclic) bond motifs is 1. The van der Waals surface area contributed by atoms with Crippen LogP contribution >= 0.6 is 23.5 Å². The number of esters is 1.